The van der Waals surface area contributed by atoms with Gasteiger partial charge in [-0.3, -0.25) is 4.79 Å². The van der Waals surface area contributed by atoms with Crippen LogP contribution in [-0.4, -0.2) is 23.1 Å². The fraction of sp³-hybridized carbons (Fsp3) is 0.130. The number of nitrogens with zero attached hydrogens (tertiary/aromatic N) is 1. The van der Waals surface area contributed by atoms with Crippen molar-refractivity contribution in [1.29, 1.82) is 0 Å². The summed E-state index contributed by atoms with van der Waals surface area (Å²) in [6.45, 7) is 3.93. The molecule has 0 saturated heterocycles. The number of carbonyl (C=O) groups excluding carboxylic acids is 1. The van der Waals surface area contributed by atoms with Gasteiger partial charge in [0.05, 0.1) is 17.7 Å². The molecular formula is C23H19ClN2O4. The predicted molar refractivity (Wildman–Crippen MR) is 117 cm³/mol. The van der Waals surface area contributed by atoms with Crippen LogP contribution in [0.25, 0.3) is 22.6 Å². The van der Waals surface area contributed by atoms with Gasteiger partial charge in [0.25, 0.3) is 5.91 Å². The first-order valence-electron chi connectivity index (χ1n) is 9.22. The van der Waals surface area contributed by atoms with Crippen molar-refractivity contribution in [3.8, 4) is 23.0 Å². The molecule has 1 heterocycles. The van der Waals surface area contributed by atoms with Crippen LogP contribution in [0.1, 0.15) is 21.5 Å². The Labute approximate surface area is 178 Å². The van der Waals surface area contributed by atoms with E-state index in [9.17, 15) is 9.90 Å². The van der Waals surface area contributed by atoms with Crippen molar-refractivity contribution in [3.05, 3.63) is 70.2 Å². The second-order valence-corrected chi connectivity index (χ2v) is 7.39. The molecular weight excluding hydrogens is 404 g/mol. The van der Waals surface area contributed by atoms with Crippen molar-refractivity contribution in [3.63, 3.8) is 0 Å². The lowest BCUT2D eigenvalue weighted by Gasteiger charge is -2.09. The molecule has 1 amide bonds. The lowest BCUT2D eigenvalue weighted by Crippen LogP contribution is -2.12. The van der Waals surface area contributed by atoms with Crippen LogP contribution in [0, 0.1) is 13.8 Å². The minimum atomic E-state index is -0.347. The maximum Gasteiger partial charge on any atom is 0.255 e. The second-order valence-electron chi connectivity index (χ2n) is 6.98. The maximum absolute atomic E-state index is 12.6. The van der Waals surface area contributed by atoms with Crippen molar-refractivity contribution < 1.29 is 19.1 Å². The number of benzene rings is 3. The van der Waals surface area contributed by atoms with Gasteiger partial charge in [-0.25, -0.2) is 4.98 Å². The Morgan fingerprint density at radius 1 is 1.13 bits per heavy atom. The molecule has 30 heavy (non-hydrogen) atoms. The van der Waals surface area contributed by atoms with Gasteiger partial charge < -0.3 is 19.6 Å². The largest absolute Gasteiger partial charge is 0.507 e. The summed E-state index contributed by atoms with van der Waals surface area (Å²) in [5, 5.41) is 13.5. The van der Waals surface area contributed by atoms with E-state index in [0.29, 0.717) is 38.7 Å². The van der Waals surface area contributed by atoms with Gasteiger partial charge in [-0.05, 0) is 67.4 Å². The third-order valence-electron chi connectivity index (χ3n) is 4.72. The van der Waals surface area contributed by atoms with Crippen LogP contribution in [0.2, 0.25) is 5.02 Å². The minimum Gasteiger partial charge on any atom is -0.507 e. The molecule has 152 valence electrons. The van der Waals surface area contributed by atoms with Crippen molar-refractivity contribution in [2.45, 2.75) is 13.8 Å². The highest BCUT2D eigenvalue weighted by Gasteiger charge is 2.16. The van der Waals surface area contributed by atoms with Gasteiger partial charge in [-0.15, -0.1) is 0 Å². The number of aryl methyl sites for hydroxylation is 2. The SMILES string of the molecule is COc1ccc(C(=O)Nc2ccc(O)c(-c3nc4cc(C)cc(C)c4o3)c2)cc1Cl. The summed E-state index contributed by atoms with van der Waals surface area (Å²) in [6, 6.07) is 13.4. The number of methoxy groups -OCH3 is 1. The van der Waals surface area contributed by atoms with Gasteiger partial charge in [0.15, 0.2) is 5.58 Å². The quantitative estimate of drug-likeness (QED) is 0.410. The zero-order valence-electron chi connectivity index (χ0n) is 16.6. The van der Waals surface area contributed by atoms with Crippen molar-refractivity contribution in [1.82, 2.24) is 4.98 Å². The summed E-state index contributed by atoms with van der Waals surface area (Å²) in [7, 11) is 1.51. The highest BCUT2D eigenvalue weighted by molar-refractivity contribution is 6.32. The van der Waals surface area contributed by atoms with Gasteiger partial charge in [-0.2, -0.15) is 0 Å². The van der Waals surface area contributed by atoms with Crippen molar-refractivity contribution in [2.75, 3.05) is 12.4 Å². The number of ether oxygens (including phenoxy) is 1. The average molecular weight is 423 g/mol. The number of halogens is 1. The monoisotopic (exact) mass is 422 g/mol. The summed E-state index contributed by atoms with van der Waals surface area (Å²) < 4.78 is 11.0. The number of hydrogen-bond acceptors (Lipinski definition) is 5. The molecule has 0 atom stereocenters. The maximum atomic E-state index is 12.6. The molecule has 0 fully saturated rings. The van der Waals surface area contributed by atoms with E-state index in [0.717, 1.165) is 11.1 Å². The molecule has 0 spiro atoms. The van der Waals surface area contributed by atoms with E-state index in [1.54, 1.807) is 24.3 Å². The average Bonchev–Trinajstić information content (AvgIpc) is 3.13. The molecule has 0 aliphatic heterocycles. The molecule has 7 heteroatoms. The van der Waals surface area contributed by atoms with E-state index in [1.165, 1.54) is 19.2 Å². The van der Waals surface area contributed by atoms with Crippen molar-refractivity contribution in [2.24, 2.45) is 0 Å². The number of phenols is 1. The Bertz CT molecular complexity index is 1280. The zero-order valence-corrected chi connectivity index (χ0v) is 17.4. The minimum absolute atomic E-state index is 0.00132. The third kappa shape index (κ3) is 3.69. The summed E-state index contributed by atoms with van der Waals surface area (Å²) in [5.74, 6) is 0.420. The van der Waals surface area contributed by atoms with E-state index >= 15 is 0 Å². The molecule has 3 aromatic carbocycles. The number of aromatic nitrogens is 1. The summed E-state index contributed by atoms with van der Waals surface area (Å²) in [6.07, 6.45) is 0. The molecule has 0 aliphatic carbocycles. The van der Waals surface area contributed by atoms with Gasteiger partial charge in [0, 0.05) is 11.3 Å². The number of aromatic hydroxyl groups is 1. The molecule has 0 saturated carbocycles. The number of nitrogens with one attached hydrogen (secondary N) is 1. The van der Waals surface area contributed by atoms with Crippen LogP contribution in [0.3, 0.4) is 0 Å². The highest BCUT2D eigenvalue weighted by atomic mass is 35.5. The summed E-state index contributed by atoms with van der Waals surface area (Å²) >= 11 is 6.11. The Morgan fingerprint density at radius 3 is 2.67 bits per heavy atom. The molecule has 0 radical (unpaired) electrons. The second kappa shape index (κ2) is 7.72. The molecule has 4 rings (SSSR count). The lowest BCUT2D eigenvalue weighted by atomic mass is 10.1. The van der Waals surface area contributed by atoms with Gasteiger partial charge in [0.1, 0.15) is 17.0 Å². The number of carbonyl (C=O) groups is 1. The smallest absolute Gasteiger partial charge is 0.255 e. The lowest BCUT2D eigenvalue weighted by molar-refractivity contribution is 0.102. The predicted octanol–water partition coefficient (Wildman–Crippen LogP) is 5.73. The number of anilines is 1. The fourth-order valence-electron chi connectivity index (χ4n) is 3.29. The molecule has 0 unspecified atom stereocenters. The Balaban J connectivity index is 1.66. The van der Waals surface area contributed by atoms with Crippen LogP contribution in [0.5, 0.6) is 11.5 Å². The van der Waals surface area contributed by atoms with Gasteiger partial charge in [0.2, 0.25) is 5.89 Å². The Morgan fingerprint density at radius 2 is 1.93 bits per heavy atom. The van der Waals surface area contributed by atoms with Crippen LogP contribution >= 0.6 is 11.6 Å². The van der Waals surface area contributed by atoms with E-state index in [2.05, 4.69) is 10.3 Å². The number of rotatable bonds is 4. The number of oxazole rings is 1. The first kappa shape index (κ1) is 19.8. The Hall–Kier alpha value is -3.51. The van der Waals surface area contributed by atoms with Crippen LogP contribution < -0.4 is 10.1 Å². The standard InChI is InChI=1S/C23H19ClN2O4/c1-12-8-13(2)21-18(9-12)26-23(30-21)16-11-15(5-6-19(16)27)25-22(28)14-4-7-20(29-3)17(24)10-14/h4-11,27H,1-3H3,(H,25,28). The fourth-order valence-corrected chi connectivity index (χ4v) is 3.55. The Kier molecular flexibility index (Phi) is 5.10. The van der Waals surface area contributed by atoms with E-state index in [-0.39, 0.29) is 17.5 Å². The van der Waals surface area contributed by atoms with Crippen LogP contribution in [0.15, 0.2) is 52.9 Å². The molecule has 0 aliphatic rings. The van der Waals surface area contributed by atoms with E-state index in [1.807, 2.05) is 26.0 Å². The number of fused-ring (bicyclic) bond motifs is 1. The first-order chi connectivity index (χ1) is 14.4. The van der Waals surface area contributed by atoms with Crippen LogP contribution in [-0.2, 0) is 0 Å². The molecule has 4 aromatic rings. The van der Waals surface area contributed by atoms with E-state index < -0.39 is 0 Å². The molecule has 1 aromatic heterocycles. The number of hydrogen-bond donors (Lipinski definition) is 2. The number of phenolic OH excluding ortho intramolecular Hbond substituents is 1. The topological polar surface area (TPSA) is 84.6 Å². The molecule has 0 bridgehead atoms. The van der Waals surface area contributed by atoms with Crippen molar-refractivity contribution >= 4 is 34.3 Å². The summed E-state index contributed by atoms with van der Waals surface area (Å²) in [4.78, 5) is 17.1. The third-order valence-corrected chi connectivity index (χ3v) is 5.01. The van der Waals surface area contributed by atoms with Gasteiger partial charge >= 0.3 is 0 Å². The molecule has 2 N–H and O–H groups in total. The molecule has 6 nitrogen and oxygen atoms in total. The first-order valence-corrected chi connectivity index (χ1v) is 9.59. The normalized spacial score (nSPS) is 10.9. The highest BCUT2D eigenvalue weighted by Crippen LogP contribution is 2.34. The van der Waals surface area contributed by atoms with Crippen LogP contribution in [0.4, 0.5) is 5.69 Å². The number of amides is 1. The van der Waals surface area contributed by atoms with E-state index in [4.69, 9.17) is 20.8 Å². The zero-order chi connectivity index (χ0) is 21.4. The van der Waals surface area contributed by atoms with Gasteiger partial charge in [-0.1, -0.05) is 17.7 Å². The summed E-state index contributed by atoms with van der Waals surface area (Å²) in [5.41, 5.74) is 4.65.